The first-order valence-corrected chi connectivity index (χ1v) is 8.42. The highest BCUT2D eigenvalue weighted by atomic mass is 16.2. The fourth-order valence-electron chi connectivity index (χ4n) is 2.43. The number of anilines is 1. The summed E-state index contributed by atoms with van der Waals surface area (Å²) in [5, 5.41) is 9.87. The standard InChI is InChI=1S/C19H26N4O2/c1-6-23(13(2)24)12-14-8-7-9-15(10-14)20-18(25)16-11-17(22-21-16)19(3,4)5/h7-11H,6,12H2,1-5H3,(H,20,25)(H,21,22). The maximum atomic E-state index is 12.4. The Kier molecular flexibility index (Phi) is 5.62. The number of rotatable bonds is 5. The maximum absolute atomic E-state index is 12.4. The molecule has 1 heterocycles. The third kappa shape index (κ3) is 4.92. The quantitative estimate of drug-likeness (QED) is 0.875. The minimum absolute atomic E-state index is 0.0307. The van der Waals surface area contributed by atoms with E-state index in [-0.39, 0.29) is 17.2 Å². The Morgan fingerprint density at radius 3 is 2.52 bits per heavy atom. The van der Waals surface area contributed by atoms with E-state index in [1.54, 1.807) is 17.9 Å². The number of hydrogen-bond acceptors (Lipinski definition) is 3. The molecule has 0 aliphatic rings. The van der Waals surface area contributed by atoms with E-state index < -0.39 is 0 Å². The van der Waals surface area contributed by atoms with Crippen molar-refractivity contribution in [1.82, 2.24) is 15.1 Å². The summed E-state index contributed by atoms with van der Waals surface area (Å²) in [6.07, 6.45) is 0. The molecule has 25 heavy (non-hydrogen) atoms. The molecule has 6 heteroatoms. The molecule has 0 atom stereocenters. The molecule has 0 aliphatic carbocycles. The molecule has 0 spiro atoms. The SMILES string of the molecule is CCN(Cc1cccc(NC(=O)c2cc(C(C)(C)C)[nH]n2)c1)C(C)=O. The fraction of sp³-hybridized carbons (Fsp3) is 0.421. The van der Waals surface area contributed by atoms with Gasteiger partial charge in [-0.15, -0.1) is 0 Å². The van der Waals surface area contributed by atoms with Crippen molar-refractivity contribution in [2.75, 3.05) is 11.9 Å². The van der Waals surface area contributed by atoms with E-state index in [0.29, 0.717) is 24.5 Å². The molecule has 2 aromatic rings. The summed E-state index contributed by atoms with van der Waals surface area (Å²) in [5.74, 6) is -0.231. The van der Waals surface area contributed by atoms with Crippen LogP contribution in [-0.2, 0) is 16.8 Å². The molecule has 2 amide bonds. The Hall–Kier alpha value is -2.63. The molecule has 0 saturated heterocycles. The Morgan fingerprint density at radius 2 is 1.96 bits per heavy atom. The zero-order valence-corrected chi connectivity index (χ0v) is 15.5. The van der Waals surface area contributed by atoms with Crippen molar-refractivity contribution < 1.29 is 9.59 Å². The highest BCUT2D eigenvalue weighted by Crippen LogP contribution is 2.21. The van der Waals surface area contributed by atoms with E-state index in [1.807, 2.05) is 31.2 Å². The third-order valence-electron chi connectivity index (χ3n) is 4.00. The summed E-state index contributed by atoms with van der Waals surface area (Å²) in [6, 6.07) is 9.27. The molecule has 0 radical (unpaired) electrons. The van der Waals surface area contributed by atoms with Gasteiger partial charge in [-0.1, -0.05) is 32.9 Å². The predicted octanol–water partition coefficient (Wildman–Crippen LogP) is 3.33. The zero-order valence-electron chi connectivity index (χ0n) is 15.5. The summed E-state index contributed by atoms with van der Waals surface area (Å²) in [4.78, 5) is 25.7. The summed E-state index contributed by atoms with van der Waals surface area (Å²) >= 11 is 0. The van der Waals surface area contributed by atoms with Crippen molar-refractivity contribution in [3.63, 3.8) is 0 Å². The maximum Gasteiger partial charge on any atom is 0.276 e. The van der Waals surface area contributed by atoms with Gasteiger partial charge in [0.1, 0.15) is 0 Å². The van der Waals surface area contributed by atoms with E-state index in [0.717, 1.165) is 11.3 Å². The Morgan fingerprint density at radius 1 is 1.24 bits per heavy atom. The number of benzene rings is 1. The third-order valence-corrected chi connectivity index (χ3v) is 4.00. The summed E-state index contributed by atoms with van der Waals surface area (Å²) in [5.41, 5.74) is 2.82. The Labute approximate surface area is 148 Å². The minimum atomic E-state index is -0.261. The highest BCUT2D eigenvalue weighted by Gasteiger charge is 2.19. The largest absolute Gasteiger partial charge is 0.339 e. The number of hydrogen-bond donors (Lipinski definition) is 2. The van der Waals surface area contributed by atoms with Crippen LogP contribution in [0, 0.1) is 0 Å². The molecule has 6 nitrogen and oxygen atoms in total. The van der Waals surface area contributed by atoms with Crippen molar-refractivity contribution in [3.8, 4) is 0 Å². The smallest absolute Gasteiger partial charge is 0.276 e. The van der Waals surface area contributed by atoms with Crippen molar-refractivity contribution in [2.24, 2.45) is 0 Å². The zero-order chi connectivity index (χ0) is 18.6. The normalized spacial score (nSPS) is 11.2. The lowest BCUT2D eigenvalue weighted by molar-refractivity contribution is -0.129. The van der Waals surface area contributed by atoms with Gasteiger partial charge in [-0.3, -0.25) is 14.7 Å². The van der Waals surface area contributed by atoms with Gasteiger partial charge in [0.25, 0.3) is 5.91 Å². The van der Waals surface area contributed by atoms with Gasteiger partial charge in [0.15, 0.2) is 5.69 Å². The molecule has 0 unspecified atom stereocenters. The van der Waals surface area contributed by atoms with Crippen LogP contribution in [0.15, 0.2) is 30.3 Å². The topological polar surface area (TPSA) is 78.1 Å². The number of carbonyl (C=O) groups is 2. The average Bonchev–Trinajstić information content (AvgIpc) is 3.03. The van der Waals surface area contributed by atoms with Gasteiger partial charge in [-0.05, 0) is 30.7 Å². The van der Waals surface area contributed by atoms with E-state index in [9.17, 15) is 9.59 Å². The van der Waals surface area contributed by atoms with E-state index in [4.69, 9.17) is 0 Å². The number of H-pyrrole nitrogens is 1. The molecule has 134 valence electrons. The van der Waals surface area contributed by atoms with Gasteiger partial charge in [-0.25, -0.2) is 0 Å². The van der Waals surface area contributed by atoms with Gasteiger partial charge >= 0.3 is 0 Å². The highest BCUT2D eigenvalue weighted by molar-refractivity contribution is 6.02. The number of aromatic amines is 1. The van der Waals surface area contributed by atoms with Crippen molar-refractivity contribution in [2.45, 2.75) is 46.6 Å². The molecular weight excluding hydrogens is 316 g/mol. The van der Waals surface area contributed by atoms with Crippen LogP contribution < -0.4 is 5.32 Å². The summed E-state index contributed by atoms with van der Waals surface area (Å²) in [7, 11) is 0. The van der Waals surface area contributed by atoms with Gasteiger partial charge < -0.3 is 10.2 Å². The van der Waals surface area contributed by atoms with E-state index in [2.05, 4.69) is 36.3 Å². The van der Waals surface area contributed by atoms with Gasteiger partial charge in [0.2, 0.25) is 5.91 Å². The van der Waals surface area contributed by atoms with Crippen molar-refractivity contribution >= 4 is 17.5 Å². The van der Waals surface area contributed by atoms with Crippen LogP contribution in [0.1, 0.15) is 56.4 Å². The molecule has 0 bridgehead atoms. The Bertz CT molecular complexity index is 759. The van der Waals surface area contributed by atoms with E-state index in [1.165, 1.54) is 0 Å². The van der Waals surface area contributed by atoms with Crippen LogP contribution in [-0.4, -0.2) is 33.5 Å². The van der Waals surface area contributed by atoms with Crippen LogP contribution in [0.5, 0.6) is 0 Å². The van der Waals surface area contributed by atoms with Crippen LogP contribution in [0.25, 0.3) is 0 Å². The number of carbonyl (C=O) groups excluding carboxylic acids is 2. The van der Waals surface area contributed by atoms with Crippen LogP contribution in [0.3, 0.4) is 0 Å². The molecule has 0 fully saturated rings. The molecule has 0 aliphatic heterocycles. The van der Waals surface area contributed by atoms with Gasteiger partial charge in [0.05, 0.1) is 0 Å². The molecule has 2 rings (SSSR count). The van der Waals surface area contributed by atoms with Crippen LogP contribution >= 0.6 is 0 Å². The summed E-state index contributed by atoms with van der Waals surface area (Å²) in [6.45, 7) is 10.8. The van der Waals surface area contributed by atoms with Crippen LogP contribution in [0.4, 0.5) is 5.69 Å². The molecule has 1 aromatic heterocycles. The first-order chi connectivity index (χ1) is 11.7. The predicted molar refractivity (Wildman–Crippen MR) is 98.4 cm³/mol. The lowest BCUT2D eigenvalue weighted by Gasteiger charge is -2.19. The molecule has 1 aromatic carbocycles. The second-order valence-corrected chi connectivity index (χ2v) is 7.10. The molecular formula is C19H26N4O2. The summed E-state index contributed by atoms with van der Waals surface area (Å²) < 4.78 is 0. The lowest BCUT2D eigenvalue weighted by Crippen LogP contribution is -2.27. The second-order valence-electron chi connectivity index (χ2n) is 7.10. The van der Waals surface area contributed by atoms with Crippen LogP contribution in [0.2, 0.25) is 0 Å². The molecule has 2 N–H and O–H groups in total. The van der Waals surface area contributed by atoms with E-state index >= 15 is 0 Å². The monoisotopic (exact) mass is 342 g/mol. The average molecular weight is 342 g/mol. The lowest BCUT2D eigenvalue weighted by atomic mass is 9.92. The number of nitrogens with one attached hydrogen (secondary N) is 2. The number of aromatic nitrogens is 2. The molecule has 0 saturated carbocycles. The van der Waals surface area contributed by atoms with Gasteiger partial charge in [-0.2, -0.15) is 5.10 Å². The first-order valence-electron chi connectivity index (χ1n) is 8.42. The number of amides is 2. The first kappa shape index (κ1) is 18.7. The van der Waals surface area contributed by atoms with Crippen molar-refractivity contribution in [1.29, 1.82) is 0 Å². The van der Waals surface area contributed by atoms with Crippen molar-refractivity contribution in [3.05, 3.63) is 47.3 Å². The second kappa shape index (κ2) is 7.51. The van der Waals surface area contributed by atoms with Gasteiger partial charge in [0, 0.05) is 36.8 Å². The fourth-order valence-corrected chi connectivity index (χ4v) is 2.43. The minimum Gasteiger partial charge on any atom is -0.339 e. The number of nitrogens with zero attached hydrogens (tertiary/aromatic N) is 2. The Balaban J connectivity index is 2.10.